The molecule has 11 heavy (non-hydrogen) atoms. The predicted molar refractivity (Wildman–Crippen MR) is 45.5 cm³/mol. The zero-order valence-electron chi connectivity index (χ0n) is 7.60. The Kier molecular flexibility index (Phi) is 1.71. The molecule has 1 heterocycles. The molecule has 0 unspecified atom stereocenters. The van der Waals surface area contributed by atoms with Crippen molar-refractivity contribution in [2.24, 2.45) is 11.3 Å². The molecule has 0 N–H and O–H groups in total. The molecule has 0 radical (unpaired) electrons. The van der Waals surface area contributed by atoms with E-state index in [4.69, 9.17) is 4.74 Å². The molecule has 1 aliphatic carbocycles. The molecule has 0 aromatic rings. The second-order valence-electron chi connectivity index (χ2n) is 4.63. The normalized spacial score (nSPS) is 34.6. The van der Waals surface area contributed by atoms with Crippen LogP contribution >= 0.6 is 0 Å². The quantitative estimate of drug-likeness (QED) is 0.564. The highest BCUT2D eigenvalue weighted by molar-refractivity contribution is 4.96. The summed E-state index contributed by atoms with van der Waals surface area (Å²) < 4.78 is 5.82. The summed E-state index contributed by atoms with van der Waals surface area (Å²) in [5.41, 5.74) is 0.672. The van der Waals surface area contributed by atoms with Crippen molar-refractivity contribution in [3.8, 4) is 0 Å². The van der Waals surface area contributed by atoms with Crippen LogP contribution in [0, 0.1) is 11.3 Å². The summed E-state index contributed by atoms with van der Waals surface area (Å²) >= 11 is 0. The summed E-state index contributed by atoms with van der Waals surface area (Å²) in [5.74, 6) is 0.714. The molecule has 1 heteroatoms. The highest BCUT2D eigenvalue weighted by atomic mass is 16.5. The van der Waals surface area contributed by atoms with Gasteiger partial charge < -0.3 is 4.74 Å². The lowest BCUT2D eigenvalue weighted by atomic mass is 9.91. The fourth-order valence-electron chi connectivity index (χ4n) is 1.98. The third kappa shape index (κ3) is 1.44. The molecule has 0 amide bonds. The maximum Gasteiger partial charge on any atom is 0.0598 e. The van der Waals surface area contributed by atoms with Gasteiger partial charge in [-0.3, -0.25) is 0 Å². The standard InChI is InChI=1S/C10H18O/c1-8(2)9-3-4-10(5-6-10)7-11-9/h8-9H,3-7H2,1-2H3/t9-/m0/s1. The van der Waals surface area contributed by atoms with Crippen molar-refractivity contribution in [1.29, 1.82) is 0 Å². The topological polar surface area (TPSA) is 9.23 Å². The van der Waals surface area contributed by atoms with Gasteiger partial charge in [0.15, 0.2) is 0 Å². The molecule has 0 bridgehead atoms. The van der Waals surface area contributed by atoms with Crippen LogP contribution in [0.1, 0.15) is 39.5 Å². The molecule has 1 atom stereocenters. The second-order valence-corrected chi connectivity index (χ2v) is 4.63. The van der Waals surface area contributed by atoms with Gasteiger partial charge in [-0.05, 0) is 37.0 Å². The van der Waals surface area contributed by atoms with E-state index in [0.29, 0.717) is 17.4 Å². The fraction of sp³-hybridized carbons (Fsp3) is 1.00. The van der Waals surface area contributed by atoms with Gasteiger partial charge in [-0.2, -0.15) is 0 Å². The van der Waals surface area contributed by atoms with Crippen molar-refractivity contribution in [3.05, 3.63) is 0 Å². The molecule has 64 valence electrons. The molecular formula is C10H18O. The lowest BCUT2D eigenvalue weighted by Crippen LogP contribution is -2.30. The molecule has 1 spiro atoms. The Morgan fingerprint density at radius 1 is 1.27 bits per heavy atom. The van der Waals surface area contributed by atoms with Crippen molar-refractivity contribution < 1.29 is 4.74 Å². The largest absolute Gasteiger partial charge is 0.377 e. The Morgan fingerprint density at radius 2 is 2.00 bits per heavy atom. The van der Waals surface area contributed by atoms with Gasteiger partial charge in [0.2, 0.25) is 0 Å². The zero-order valence-corrected chi connectivity index (χ0v) is 7.60. The Hall–Kier alpha value is -0.0400. The second kappa shape index (κ2) is 2.48. The number of ether oxygens (including phenoxy) is 1. The third-order valence-corrected chi connectivity index (χ3v) is 3.26. The maximum absolute atomic E-state index is 5.82. The van der Waals surface area contributed by atoms with Crippen molar-refractivity contribution >= 4 is 0 Å². The number of hydrogen-bond donors (Lipinski definition) is 0. The molecule has 1 saturated carbocycles. The predicted octanol–water partition coefficient (Wildman–Crippen LogP) is 2.60. The molecule has 2 aliphatic rings. The molecule has 1 saturated heterocycles. The van der Waals surface area contributed by atoms with E-state index in [-0.39, 0.29) is 0 Å². The van der Waals surface area contributed by atoms with Crippen LogP contribution in [0.5, 0.6) is 0 Å². The summed E-state index contributed by atoms with van der Waals surface area (Å²) in [4.78, 5) is 0. The average molecular weight is 154 g/mol. The minimum absolute atomic E-state index is 0.557. The van der Waals surface area contributed by atoms with Crippen LogP contribution in [-0.2, 0) is 4.74 Å². The lowest BCUT2D eigenvalue weighted by molar-refractivity contribution is -0.0476. The van der Waals surface area contributed by atoms with E-state index in [1.807, 2.05) is 0 Å². The third-order valence-electron chi connectivity index (χ3n) is 3.26. The van der Waals surface area contributed by atoms with E-state index in [1.165, 1.54) is 25.7 Å². The van der Waals surface area contributed by atoms with E-state index in [9.17, 15) is 0 Å². The van der Waals surface area contributed by atoms with Crippen molar-refractivity contribution in [2.75, 3.05) is 6.61 Å². The van der Waals surface area contributed by atoms with Crippen LogP contribution in [0.3, 0.4) is 0 Å². The summed E-state index contributed by atoms with van der Waals surface area (Å²) in [6.45, 7) is 5.57. The molecular weight excluding hydrogens is 136 g/mol. The monoisotopic (exact) mass is 154 g/mol. The van der Waals surface area contributed by atoms with Crippen LogP contribution in [0.4, 0.5) is 0 Å². The van der Waals surface area contributed by atoms with Crippen molar-refractivity contribution in [1.82, 2.24) is 0 Å². The molecule has 2 fully saturated rings. The van der Waals surface area contributed by atoms with Crippen LogP contribution < -0.4 is 0 Å². The lowest BCUT2D eigenvalue weighted by Gasteiger charge is -2.31. The minimum atomic E-state index is 0.557. The van der Waals surface area contributed by atoms with Crippen LogP contribution in [0.25, 0.3) is 0 Å². The molecule has 1 nitrogen and oxygen atoms in total. The first-order chi connectivity index (χ1) is 5.22. The summed E-state index contributed by atoms with van der Waals surface area (Å²) in [6, 6.07) is 0. The average Bonchev–Trinajstić information content (AvgIpc) is 2.70. The van der Waals surface area contributed by atoms with E-state index in [2.05, 4.69) is 13.8 Å². The summed E-state index contributed by atoms with van der Waals surface area (Å²) in [7, 11) is 0. The van der Waals surface area contributed by atoms with Gasteiger partial charge in [-0.1, -0.05) is 13.8 Å². The van der Waals surface area contributed by atoms with Gasteiger partial charge >= 0.3 is 0 Å². The van der Waals surface area contributed by atoms with Crippen molar-refractivity contribution in [2.45, 2.75) is 45.6 Å². The molecule has 0 aromatic heterocycles. The van der Waals surface area contributed by atoms with Gasteiger partial charge in [0.25, 0.3) is 0 Å². The Balaban J connectivity index is 1.84. The Labute approximate surface area is 69.1 Å². The van der Waals surface area contributed by atoms with E-state index in [1.54, 1.807) is 0 Å². The van der Waals surface area contributed by atoms with Gasteiger partial charge in [-0.25, -0.2) is 0 Å². The van der Waals surface area contributed by atoms with Gasteiger partial charge in [0.1, 0.15) is 0 Å². The highest BCUT2D eigenvalue weighted by Crippen LogP contribution is 2.52. The molecule has 1 aliphatic heterocycles. The van der Waals surface area contributed by atoms with E-state index >= 15 is 0 Å². The Morgan fingerprint density at radius 3 is 2.36 bits per heavy atom. The summed E-state index contributed by atoms with van der Waals surface area (Å²) in [6.07, 6.45) is 6.14. The zero-order chi connectivity index (χ0) is 7.90. The van der Waals surface area contributed by atoms with E-state index < -0.39 is 0 Å². The van der Waals surface area contributed by atoms with Gasteiger partial charge in [0.05, 0.1) is 12.7 Å². The van der Waals surface area contributed by atoms with Gasteiger partial charge in [0, 0.05) is 0 Å². The molecule has 2 rings (SSSR count). The SMILES string of the molecule is CC(C)[C@@H]1CCC2(CC2)CO1. The maximum atomic E-state index is 5.82. The minimum Gasteiger partial charge on any atom is -0.377 e. The van der Waals surface area contributed by atoms with Crippen LogP contribution in [0.15, 0.2) is 0 Å². The summed E-state index contributed by atoms with van der Waals surface area (Å²) in [5, 5.41) is 0. The Bertz CT molecular complexity index is 137. The van der Waals surface area contributed by atoms with Gasteiger partial charge in [-0.15, -0.1) is 0 Å². The number of rotatable bonds is 1. The fourth-order valence-corrected chi connectivity index (χ4v) is 1.98. The first-order valence-electron chi connectivity index (χ1n) is 4.83. The first-order valence-corrected chi connectivity index (χ1v) is 4.83. The molecule has 0 aromatic carbocycles. The van der Waals surface area contributed by atoms with Crippen LogP contribution in [0.2, 0.25) is 0 Å². The van der Waals surface area contributed by atoms with E-state index in [0.717, 1.165) is 6.61 Å². The number of hydrogen-bond acceptors (Lipinski definition) is 1. The highest BCUT2D eigenvalue weighted by Gasteiger charge is 2.45. The smallest absolute Gasteiger partial charge is 0.0598 e. The first kappa shape index (κ1) is 7.60. The van der Waals surface area contributed by atoms with Crippen molar-refractivity contribution in [3.63, 3.8) is 0 Å². The van der Waals surface area contributed by atoms with Crippen LogP contribution in [-0.4, -0.2) is 12.7 Å².